The van der Waals surface area contributed by atoms with Crippen molar-refractivity contribution in [3.8, 4) is 22.6 Å². The molecule has 2 atom stereocenters. The predicted octanol–water partition coefficient (Wildman–Crippen LogP) is 7.05. The van der Waals surface area contributed by atoms with Crippen molar-refractivity contribution in [2.75, 3.05) is 44.2 Å². The van der Waals surface area contributed by atoms with Crippen molar-refractivity contribution < 1.29 is 34.3 Å². The molecule has 292 valence electrons. The normalized spacial score (nSPS) is 17.9. The average Bonchev–Trinajstić information content (AvgIpc) is 3.18. The van der Waals surface area contributed by atoms with Gasteiger partial charge in [0.2, 0.25) is 5.56 Å². The van der Waals surface area contributed by atoms with E-state index < -0.39 is 12.2 Å². The van der Waals surface area contributed by atoms with Crippen LogP contribution in [0.15, 0.2) is 102 Å². The molecule has 0 radical (unpaired) electrons. The van der Waals surface area contributed by atoms with Crippen LogP contribution in [0.25, 0.3) is 22.0 Å². The number of aromatic nitrogens is 1. The molecule has 5 N–H and O–H groups in total. The minimum absolute atomic E-state index is 0. The summed E-state index contributed by atoms with van der Waals surface area (Å²) in [7, 11) is 0. The molecule has 55 heavy (non-hydrogen) atoms. The molecule has 2 bridgehead atoms. The largest absolute Gasteiger partial charge is 0.506 e. The molecule has 3 fully saturated rings. The molecular weight excluding hydrogens is 706 g/mol. The third-order valence-electron chi connectivity index (χ3n) is 10.8. The summed E-state index contributed by atoms with van der Waals surface area (Å²) < 4.78 is 6.05. The van der Waals surface area contributed by atoms with Gasteiger partial charge in [0.05, 0.1) is 30.0 Å². The minimum atomic E-state index is -0.882. The number of nitrogens with zero attached hydrogens (tertiary/aromatic N) is 2. The number of H-pyrrole nitrogens is 1. The lowest BCUT2D eigenvalue weighted by Crippen LogP contribution is -2.59. The monoisotopic (exact) mass is 756 g/mol. The van der Waals surface area contributed by atoms with E-state index in [4.69, 9.17) is 4.74 Å². The van der Waals surface area contributed by atoms with E-state index in [0.717, 1.165) is 91.8 Å². The number of aliphatic hydroxyl groups is 1. The van der Waals surface area contributed by atoms with E-state index in [2.05, 4.69) is 57.7 Å². The number of piperidine rings is 3. The molecular formula is C43H50F2N4O6. The number of hydrogen-bond acceptors (Lipinski definition) is 7. The number of ether oxygens (including phenoxy) is 1. The number of unbranched alkanes of at least 4 members (excludes halogenated alkanes) is 1. The molecule has 0 saturated carbocycles. The average molecular weight is 757 g/mol. The minimum Gasteiger partial charge on any atom is -0.506 e. The van der Waals surface area contributed by atoms with Gasteiger partial charge in [-0.1, -0.05) is 60.7 Å². The van der Waals surface area contributed by atoms with E-state index in [1.165, 1.54) is 12.1 Å². The van der Waals surface area contributed by atoms with E-state index in [1.807, 2.05) is 30.3 Å². The number of aromatic amines is 1. The molecule has 3 aliphatic heterocycles. The fraction of sp³-hybridized carbons (Fsp3) is 0.349. The lowest BCUT2D eigenvalue weighted by molar-refractivity contribution is 0.0837. The number of aryl methyl sites for hydroxylation is 1. The number of phenolic OH excluding ortho intramolecular Hbond substituents is 1. The Morgan fingerprint density at radius 3 is 2.36 bits per heavy atom. The van der Waals surface area contributed by atoms with E-state index in [9.17, 15) is 24.9 Å². The van der Waals surface area contributed by atoms with Gasteiger partial charge in [-0.25, -0.2) is 4.79 Å². The number of anilines is 1. The van der Waals surface area contributed by atoms with Gasteiger partial charge in [0.25, 0.3) is 0 Å². The van der Waals surface area contributed by atoms with Gasteiger partial charge in [-0.05, 0) is 117 Å². The van der Waals surface area contributed by atoms with Crippen molar-refractivity contribution in [3.63, 3.8) is 0 Å². The van der Waals surface area contributed by atoms with Gasteiger partial charge in [0, 0.05) is 30.1 Å². The lowest BCUT2D eigenvalue weighted by Gasteiger charge is -2.48. The molecule has 4 aromatic carbocycles. The second-order valence-electron chi connectivity index (χ2n) is 14.3. The van der Waals surface area contributed by atoms with Gasteiger partial charge in [0.1, 0.15) is 11.5 Å². The van der Waals surface area contributed by atoms with Gasteiger partial charge in [-0.15, -0.1) is 0 Å². The van der Waals surface area contributed by atoms with Crippen LogP contribution in [-0.2, 0) is 12.8 Å². The molecule has 1 aromatic heterocycles. The number of amides is 1. The predicted molar refractivity (Wildman–Crippen MR) is 213 cm³/mol. The molecule has 0 aliphatic carbocycles. The SMILES string of the molecule is F.F.O=C(O)N(c1cc(CCCCOc2ccc(CCNC[C@H](O)c3ccc(O)c4[nH]c(=O)ccc34)cc2)ccc1-c1ccccc1)[C@H]1CN2CCC1CC2. The highest BCUT2D eigenvalue weighted by atomic mass is 19.0. The maximum absolute atomic E-state index is 12.9. The number of aliphatic hydroxyl groups excluding tert-OH is 1. The zero-order valence-corrected chi connectivity index (χ0v) is 30.7. The fourth-order valence-electron chi connectivity index (χ4n) is 7.95. The summed E-state index contributed by atoms with van der Waals surface area (Å²) in [5.74, 6) is 1.18. The smallest absolute Gasteiger partial charge is 0.412 e. The highest BCUT2D eigenvalue weighted by molar-refractivity contribution is 5.94. The Labute approximate surface area is 319 Å². The summed E-state index contributed by atoms with van der Waals surface area (Å²) >= 11 is 0. The number of fused-ring (bicyclic) bond motifs is 4. The first-order valence-corrected chi connectivity index (χ1v) is 18.7. The van der Waals surface area contributed by atoms with Crippen LogP contribution < -0.4 is 20.5 Å². The van der Waals surface area contributed by atoms with Crippen LogP contribution in [0.3, 0.4) is 0 Å². The van der Waals surface area contributed by atoms with Crippen molar-refractivity contribution in [2.45, 2.75) is 50.7 Å². The number of carboxylic acid groups (broad SMARTS) is 1. The van der Waals surface area contributed by atoms with Gasteiger partial charge in [-0.2, -0.15) is 0 Å². The Morgan fingerprint density at radius 2 is 1.65 bits per heavy atom. The van der Waals surface area contributed by atoms with Gasteiger partial charge < -0.3 is 35.3 Å². The second-order valence-corrected chi connectivity index (χ2v) is 14.3. The van der Waals surface area contributed by atoms with E-state index in [-0.39, 0.29) is 26.8 Å². The van der Waals surface area contributed by atoms with Crippen molar-refractivity contribution >= 4 is 22.7 Å². The Hall–Kier alpha value is -5.30. The zero-order valence-electron chi connectivity index (χ0n) is 30.7. The number of phenols is 1. The summed E-state index contributed by atoms with van der Waals surface area (Å²) in [6.07, 6.45) is 3.82. The van der Waals surface area contributed by atoms with Crippen molar-refractivity contribution in [3.05, 3.63) is 124 Å². The van der Waals surface area contributed by atoms with Crippen molar-refractivity contribution in [1.82, 2.24) is 15.2 Å². The van der Waals surface area contributed by atoms with Crippen LogP contribution in [0.5, 0.6) is 11.5 Å². The Morgan fingerprint density at radius 1 is 0.909 bits per heavy atom. The van der Waals surface area contributed by atoms with Crippen LogP contribution in [-0.4, -0.2) is 76.7 Å². The van der Waals surface area contributed by atoms with Crippen LogP contribution in [0.2, 0.25) is 0 Å². The van der Waals surface area contributed by atoms with Crippen molar-refractivity contribution in [2.24, 2.45) is 5.92 Å². The molecule has 0 unspecified atom stereocenters. The Kier molecular flexibility index (Phi) is 14.0. The lowest BCUT2D eigenvalue weighted by atomic mass is 9.82. The first-order valence-electron chi connectivity index (χ1n) is 18.7. The fourth-order valence-corrected chi connectivity index (χ4v) is 7.95. The summed E-state index contributed by atoms with van der Waals surface area (Å²) in [5, 5.41) is 35.4. The number of nitrogens with one attached hydrogen (secondary N) is 2. The molecule has 4 heterocycles. The number of hydrogen-bond donors (Lipinski definition) is 5. The summed E-state index contributed by atoms with van der Waals surface area (Å²) in [6, 6.07) is 30.6. The highest BCUT2D eigenvalue weighted by Gasteiger charge is 2.40. The van der Waals surface area contributed by atoms with Gasteiger partial charge in [-0.3, -0.25) is 19.1 Å². The van der Waals surface area contributed by atoms with Gasteiger partial charge in [0.15, 0.2) is 0 Å². The third kappa shape index (κ3) is 9.69. The third-order valence-corrected chi connectivity index (χ3v) is 10.8. The molecule has 3 saturated heterocycles. The summed E-state index contributed by atoms with van der Waals surface area (Å²) in [6.45, 7) is 4.50. The number of benzene rings is 4. The van der Waals surface area contributed by atoms with Crippen LogP contribution >= 0.6 is 0 Å². The molecule has 12 heteroatoms. The molecule has 10 nitrogen and oxygen atoms in total. The molecule has 3 aliphatic rings. The molecule has 8 rings (SSSR count). The quantitative estimate of drug-likeness (QED) is 0.0717. The number of pyridine rings is 1. The van der Waals surface area contributed by atoms with Crippen LogP contribution in [0, 0.1) is 5.92 Å². The summed E-state index contributed by atoms with van der Waals surface area (Å²) in [5.41, 5.74) is 5.69. The van der Waals surface area contributed by atoms with E-state index in [0.29, 0.717) is 42.1 Å². The maximum Gasteiger partial charge on any atom is 0.412 e. The van der Waals surface area contributed by atoms with Crippen LogP contribution in [0.1, 0.15) is 48.5 Å². The number of aromatic hydroxyl groups is 1. The second kappa shape index (κ2) is 18.8. The number of halogens is 2. The highest BCUT2D eigenvalue weighted by Crippen LogP contribution is 2.39. The topological polar surface area (TPSA) is 138 Å². The number of carbonyl (C=O) groups is 1. The Balaban J connectivity index is 0.00000290. The molecule has 1 amide bonds. The van der Waals surface area contributed by atoms with E-state index >= 15 is 0 Å². The van der Waals surface area contributed by atoms with Crippen molar-refractivity contribution in [1.29, 1.82) is 0 Å². The van der Waals surface area contributed by atoms with Crippen LogP contribution in [0.4, 0.5) is 19.9 Å². The Bertz CT molecular complexity index is 2070. The molecule has 0 spiro atoms. The maximum atomic E-state index is 12.9. The summed E-state index contributed by atoms with van der Waals surface area (Å²) in [4.78, 5) is 31.3. The first-order chi connectivity index (χ1) is 25.8. The standard InChI is InChI=1S/C43H48N4O6.2FH/c48-39-17-15-35(36-16-18-41(50)45-42(36)39)40(49)27-44-22-19-29-9-12-33(13-10-29)53-25-5-4-6-30-11-14-34(31-7-2-1-3-8-31)37(26-30)47(43(51)52)38-28-46-23-20-32(38)21-24-46;;/h1-3,7-18,26,32,38,40,44,48-49H,4-6,19-25,27-28H2,(H,45,50)(H,51,52);2*1H/t38-,40-;;/m0../s1. The zero-order chi connectivity index (χ0) is 36.7. The number of rotatable bonds is 15. The molecule has 5 aromatic rings. The van der Waals surface area contributed by atoms with E-state index in [1.54, 1.807) is 17.0 Å². The van der Waals surface area contributed by atoms with Gasteiger partial charge >= 0.3 is 6.09 Å². The first kappa shape index (κ1) is 40.9.